The van der Waals surface area contributed by atoms with Gasteiger partial charge in [0.15, 0.2) is 6.04 Å². The maximum absolute atomic E-state index is 12.8. The van der Waals surface area contributed by atoms with Gasteiger partial charge in [0.2, 0.25) is 5.91 Å². The quantitative estimate of drug-likeness (QED) is 0.755. The highest BCUT2D eigenvalue weighted by Crippen LogP contribution is 2.54. The third-order valence-corrected chi connectivity index (χ3v) is 4.62. The van der Waals surface area contributed by atoms with E-state index in [0.29, 0.717) is 5.69 Å². The van der Waals surface area contributed by atoms with Gasteiger partial charge in [0.25, 0.3) is 5.91 Å². The number of nitrogens with zero attached hydrogens (tertiary/aromatic N) is 2. The molecule has 2 aromatic rings. The monoisotopic (exact) mass is 292 g/mol. The van der Waals surface area contributed by atoms with Crippen LogP contribution in [0.4, 0.5) is 11.4 Å². The fourth-order valence-corrected chi connectivity index (χ4v) is 3.69. The van der Waals surface area contributed by atoms with Crippen molar-refractivity contribution in [3.8, 4) is 0 Å². The molecule has 0 aromatic heterocycles. The first kappa shape index (κ1) is 11.9. The summed E-state index contributed by atoms with van der Waals surface area (Å²) in [7, 11) is 0. The highest BCUT2D eigenvalue weighted by atomic mass is 16.7. The van der Waals surface area contributed by atoms with Crippen LogP contribution in [0.3, 0.4) is 0 Å². The molecule has 5 heteroatoms. The molecule has 2 bridgehead atoms. The minimum Gasteiger partial charge on any atom is -0.273 e. The molecule has 2 fully saturated rings. The number of carbonyl (C=O) groups is 2. The Morgan fingerprint density at radius 3 is 2.41 bits per heavy atom. The average Bonchev–Trinajstić information content (AvgIpc) is 3.19. The summed E-state index contributed by atoms with van der Waals surface area (Å²) in [4.78, 5) is 32.7. The average molecular weight is 292 g/mol. The van der Waals surface area contributed by atoms with Gasteiger partial charge in [0.05, 0.1) is 11.4 Å². The molecule has 3 aliphatic rings. The Morgan fingerprint density at radius 2 is 1.59 bits per heavy atom. The maximum Gasteiger partial charge on any atom is 0.260 e. The summed E-state index contributed by atoms with van der Waals surface area (Å²) in [6.45, 7) is 0. The van der Waals surface area contributed by atoms with Crippen molar-refractivity contribution in [1.29, 1.82) is 0 Å². The van der Waals surface area contributed by atoms with Crippen LogP contribution >= 0.6 is 0 Å². The Morgan fingerprint density at radius 1 is 0.864 bits per heavy atom. The van der Waals surface area contributed by atoms with Gasteiger partial charge in [-0.1, -0.05) is 36.4 Å². The second-order valence-corrected chi connectivity index (χ2v) is 5.73. The van der Waals surface area contributed by atoms with Crippen LogP contribution in [-0.4, -0.2) is 17.9 Å². The Labute approximate surface area is 126 Å². The SMILES string of the molecule is O=C1[C@H]2[C@@H](C(=O)N1c1ccccc1)N1O[C@H]2c2ccccc21. The smallest absolute Gasteiger partial charge is 0.260 e. The first-order valence-corrected chi connectivity index (χ1v) is 7.25. The molecular formula is C17H12N2O3. The minimum atomic E-state index is -0.549. The topological polar surface area (TPSA) is 49.9 Å². The van der Waals surface area contributed by atoms with Crippen molar-refractivity contribution < 1.29 is 14.4 Å². The summed E-state index contributed by atoms with van der Waals surface area (Å²) in [5.74, 6) is -0.844. The first-order valence-electron chi connectivity index (χ1n) is 7.25. The molecule has 0 unspecified atom stereocenters. The third kappa shape index (κ3) is 1.27. The van der Waals surface area contributed by atoms with Gasteiger partial charge in [0, 0.05) is 5.56 Å². The number of anilines is 2. The van der Waals surface area contributed by atoms with Crippen molar-refractivity contribution in [3.63, 3.8) is 0 Å². The summed E-state index contributed by atoms with van der Waals surface area (Å²) in [6, 6.07) is 16.2. The minimum absolute atomic E-state index is 0.178. The van der Waals surface area contributed by atoms with Gasteiger partial charge in [0.1, 0.15) is 12.0 Å². The van der Waals surface area contributed by atoms with E-state index >= 15 is 0 Å². The van der Waals surface area contributed by atoms with Gasteiger partial charge >= 0.3 is 0 Å². The molecule has 0 spiro atoms. The number of imide groups is 1. The number of benzene rings is 2. The molecule has 2 amide bonds. The number of hydrogen-bond acceptors (Lipinski definition) is 4. The van der Waals surface area contributed by atoms with E-state index in [2.05, 4.69) is 0 Å². The number of carbonyl (C=O) groups excluding carboxylic acids is 2. The van der Waals surface area contributed by atoms with E-state index in [1.54, 1.807) is 17.2 Å². The molecule has 0 N–H and O–H groups in total. The number of para-hydroxylation sites is 2. The number of hydroxylamine groups is 1. The van der Waals surface area contributed by atoms with Crippen molar-refractivity contribution in [1.82, 2.24) is 0 Å². The van der Waals surface area contributed by atoms with Crippen LogP contribution in [0.1, 0.15) is 11.7 Å². The molecule has 3 aliphatic heterocycles. The number of hydrogen-bond donors (Lipinski definition) is 0. The second-order valence-electron chi connectivity index (χ2n) is 5.73. The molecule has 22 heavy (non-hydrogen) atoms. The molecule has 5 nitrogen and oxygen atoms in total. The fourth-order valence-electron chi connectivity index (χ4n) is 3.69. The molecule has 2 saturated heterocycles. The maximum atomic E-state index is 12.8. The highest BCUT2D eigenvalue weighted by Gasteiger charge is 2.64. The van der Waals surface area contributed by atoms with Crippen molar-refractivity contribution in [2.45, 2.75) is 12.1 Å². The van der Waals surface area contributed by atoms with Crippen molar-refractivity contribution in [3.05, 3.63) is 60.2 Å². The molecule has 108 valence electrons. The summed E-state index contributed by atoms with van der Waals surface area (Å²) >= 11 is 0. The van der Waals surface area contributed by atoms with Crippen LogP contribution in [0.25, 0.3) is 0 Å². The molecule has 5 rings (SSSR count). The lowest BCUT2D eigenvalue weighted by Crippen LogP contribution is -2.40. The zero-order valence-corrected chi connectivity index (χ0v) is 11.5. The zero-order valence-electron chi connectivity index (χ0n) is 11.5. The van der Waals surface area contributed by atoms with Crippen molar-refractivity contribution >= 4 is 23.2 Å². The van der Waals surface area contributed by atoms with Crippen LogP contribution in [0.5, 0.6) is 0 Å². The predicted octanol–water partition coefficient (Wildman–Crippen LogP) is 2.05. The number of amides is 2. The summed E-state index contributed by atoms with van der Waals surface area (Å²) in [6.07, 6.45) is -0.355. The van der Waals surface area contributed by atoms with E-state index < -0.39 is 12.0 Å². The Kier molecular flexibility index (Phi) is 2.15. The second kappa shape index (κ2) is 3.96. The Balaban J connectivity index is 1.62. The van der Waals surface area contributed by atoms with Gasteiger partial charge in [-0.15, -0.1) is 0 Å². The predicted molar refractivity (Wildman–Crippen MR) is 79.0 cm³/mol. The number of fused-ring (bicyclic) bond motifs is 8. The van der Waals surface area contributed by atoms with E-state index in [0.717, 1.165) is 11.3 Å². The standard InChI is InChI=1S/C17H12N2O3/c20-16-13-14(17(21)18(16)10-6-2-1-3-7-10)19-12-9-5-4-8-11(12)15(13)22-19/h1-9,13-15H/t13-,14-,15-/m0/s1. The van der Waals surface area contributed by atoms with E-state index in [1.165, 1.54) is 4.90 Å². The third-order valence-electron chi connectivity index (χ3n) is 4.62. The zero-order chi connectivity index (χ0) is 14.8. The molecule has 0 saturated carbocycles. The van der Waals surface area contributed by atoms with Crippen molar-refractivity contribution in [2.75, 3.05) is 9.96 Å². The lowest BCUT2D eigenvalue weighted by molar-refractivity contribution is -0.124. The van der Waals surface area contributed by atoms with Crippen LogP contribution in [0, 0.1) is 5.92 Å². The van der Waals surface area contributed by atoms with Crippen LogP contribution in [0.15, 0.2) is 54.6 Å². The lowest BCUT2D eigenvalue weighted by Gasteiger charge is -2.22. The molecular weight excluding hydrogens is 280 g/mol. The molecule has 0 radical (unpaired) electrons. The molecule has 3 atom stereocenters. The highest BCUT2D eigenvalue weighted by molar-refractivity contribution is 6.25. The fraction of sp³-hybridized carbons (Fsp3) is 0.176. The van der Waals surface area contributed by atoms with Crippen molar-refractivity contribution in [2.24, 2.45) is 5.92 Å². The van der Waals surface area contributed by atoms with E-state index in [4.69, 9.17) is 4.84 Å². The van der Waals surface area contributed by atoms with Gasteiger partial charge in [-0.2, -0.15) is 0 Å². The Hall–Kier alpha value is -2.66. The van der Waals surface area contributed by atoms with E-state index in [-0.39, 0.29) is 17.9 Å². The number of rotatable bonds is 1. The van der Waals surface area contributed by atoms with Gasteiger partial charge in [-0.25, -0.2) is 9.96 Å². The van der Waals surface area contributed by atoms with Crippen LogP contribution in [-0.2, 0) is 14.4 Å². The van der Waals surface area contributed by atoms with Gasteiger partial charge < -0.3 is 0 Å². The summed E-state index contributed by atoms with van der Waals surface area (Å²) < 4.78 is 0. The normalized spacial score (nSPS) is 28.3. The molecule has 3 heterocycles. The van der Waals surface area contributed by atoms with E-state index in [1.807, 2.05) is 42.5 Å². The Bertz CT molecular complexity index is 758. The molecule has 0 aliphatic carbocycles. The summed E-state index contributed by atoms with van der Waals surface area (Å²) in [5.41, 5.74) is 2.50. The van der Waals surface area contributed by atoms with Gasteiger partial charge in [-0.3, -0.25) is 14.4 Å². The lowest BCUT2D eigenvalue weighted by atomic mass is 9.88. The largest absolute Gasteiger partial charge is 0.273 e. The molecule has 2 aromatic carbocycles. The van der Waals surface area contributed by atoms with Gasteiger partial charge in [-0.05, 0) is 18.2 Å². The van der Waals surface area contributed by atoms with E-state index in [9.17, 15) is 9.59 Å². The van der Waals surface area contributed by atoms with Crippen LogP contribution < -0.4 is 9.96 Å². The first-order chi connectivity index (χ1) is 10.8. The summed E-state index contributed by atoms with van der Waals surface area (Å²) in [5, 5.41) is 1.62. The van der Waals surface area contributed by atoms with Crippen LogP contribution in [0.2, 0.25) is 0 Å².